The van der Waals surface area contributed by atoms with Gasteiger partial charge in [-0.25, -0.2) is 4.79 Å². The second kappa shape index (κ2) is 7.34. The van der Waals surface area contributed by atoms with E-state index in [4.69, 9.17) is 4.74 Å². The van der Waals surface area contributed by atoms with Crippen molar-refractivity contribution in [2.24, 2.45) is 0 Å². The Kier molecular flexibility index (Phi) is 5.44. The minimum atomic E-state index is -1.20. The Morgan fingerprint density at radius 3 is 2.38 bits per heavy atom. The molecule has 5 nitrogen and oxygen atoms in total. The van der Waals surface area contributed by atoms with Crippen LogP contribution in [0.2, 0.25) is 0 Å². The molecule has 0 unspecified atom stereocenters. The number of ether oxygens (including phenoxy) is 1. The molecule has 3 rings (SSSR count). The summed E-state index contributed by atoms with van der Waals surface area (Å²) in [6, 6.07) is 8.58. The van der Waals surface area contributed by atoms with Crippen molar-refractivity contribution < 1.29 is 14.6 Å². The normalized spacial score (nSPS) is 13.0. The highest BCUT2D eigenvalue weighted by Gasteiger charge is 2.29. The van der Waals surface area contributed by atoms with Crippen LogP contribution in [0.25, 0.3) is 5.69 Å². The van der Waals surface area contributed by atoms with E-state index in [0.717, 1.165) is 24.1 Å². The fourth-order valence-corrected chi connectivity index (χ4v) is 2.67. The van der Waals surface area contributed by atoms with Gasteiger partial charge >= 0.3 is 5.97 Å². The van der Waals surface area contributed by atoms with E-state index in [1.807, 2.05) is 26.8 Å². The number of hydrogen-bond donors (Lipinski definition) is 1. The van der Waals surface area contributed by atoms with Crippen molar-refractivity contribution >= 4 is 5.97 Å². The second-order valence-electron chi connectivity index (χ2n) is 5.54. The Hall–Kier alpha value is -2.56. The Balaban J connectivity index is 0.00000100. The lowest BCUT2D eigenvalue weighted by atomic mass is 10.1. The zero-order valence-corrected chi connectivity index (χ0v) is 14.5. The number of carboxylic acid groups (broad SMARTS) is 1. The average molecular weight is 329 g/mol. The number of nitrogens with zero attached hydrogens (tertiary/aromatic N) is 1. The summed E-state index contributed by atoms with van der Waals surface area (Å²) in [6.07, 6.45) is 2.06. The summed E-state index contributed by atoms with van der Waals surface area (Å²) in [6.45, 7) is 5.88. The van der Waals surface area contributed by atoms with Crippen molar-refractivity contribution in [2.75, 3.05) is 7.11 Å². The number of methoxy groups -OCH3 is 1. The summed E-state index contributed by atoms with van der Waals surface area (Å²) in [7, 11) is 1.58. The average Bonchev–Trinajstić information content (AvgIpc) is 3.41. The quantitative estimate of drug-likeness (QED) is 0.927. The van der Waals surface area contributed by atoms with Gasteiger partial charge in [0.1, 0.15) is 11.3 Å². The third kappa shape index (κ3) is 3.35. The Morgan fingerprint density at radius 2 is 1.88 bits per heavy atom. The predicted molar refractivity (Wildman–Crippen MR) is 93.6 cm³/mol. The first kappa shape index (κ1) is 17.8. The molecule has 0 radical (unpaired) electrons. The monoisotopic (exact) mass is 329 g/mol. The van der Waals surface area contributed by atoms with Crippen LogP contribution in [-0.2, 0) is 0 Å². The number of benzene rings is 1. The molecule has 1 saturated carbocycles. The minimum Gasteiger partial charge on any atom is -0.497 e. The van der Waals surface area contributed by atoms with Crippen molar-refractivity contribution in [2.45, 2.75) is 39.5 Å². The van der Waals surface area contributed by atoms with Crippen LogP contribution in [0, 0.1) is 6.92 Å². The number of aromatic nitrogens is 1. The van der Waals surface area contributed by atoms with E-state index in [0.29, 0.717) is 17.4 Å². The number of carboxylic acids is 1. The molecular weight excluding hydrogens is 306 g/mol. The third-order valence-corrected chi connectivity index (χ3v) is 3.98. The fourth-order valence-electron chi connectivity index (χ4n) is 2.67. The molecule has 24 heavy (non-hydrogen) atoms. The molecule has 2 aromatic rings. The first-order chi connectivity index (χ1) is 11.5. The van der Waals surface area contributed by atoms with Gasteiger partial charge < -0.3 is 9.84 Å². The van der Waals surface area contributed by atoms with Crippen LogP contribution in [0.15, 0.2) is 35.1 Å². The van der Waals surface area contributed by atoms with Crippen molar-refractivity contribution in [3.8, 4) is 11.4 Å². The maximum Gasteiger partial charge on any atom is 0.341 e. The van der Waals surface area contributed by atoms with E-state index in [1.165, 1.54) is 10.6 Å². The molecule has 0 amide bonds. The number of aryl methyl sites for hydroxylation is 1. The second-order valence-corrected chi connectivity index (χ2v) is 5.54. The van der Waals surface area contributed by atoms with Crippen molar-refractivity contribution in [1.82, 2.24) is 4.57 Å². The van der Waals surface area contributed by atoms with Crippen LogP contribution in [0.1, 0.15) is 54.2 Å². The minimum absolute atomic E-state index is 0.209. The number of aromatic carboxylic acids is 1. The Morgan fingerprint density at radius 1 is 1.21 bits per heavy atom. The van der Waals surface area contributed by atoms with E-state index in [-0.39, 0.29) is 5.56 Å². The molecular formula is C19H23NO4. The molecule has 0 saturated heterocycles. The van der Waals surface area contributed by atoms with Crippen LogP contribution in [0.3, 0.4) is 0 Å². The van der Waals surface area contributed by atoms with Gasteiger partial charge in [0, 0.05) is 5.69 Å². The summed E-state index contributed by atoms with van der Waals surface area (Å²) >= 11 is 0. The smallest absolute Gasteiger partial charge is 0.341 e. The highest BCUT2D eigenvalue weighted by atomic mass is 16.5. The lowest BCUT2D eigenvalue weighted by molar-refractivity contribution is 0.0694. The maximum atomic E-state index is 12.6. The summed E-state index contributed by atoms with van der Waals surface area (Å²) < 4.78 is 6.72. The number of carbonyl (C=O) groups is 1. The first-order valence-electron chi connectivity index (χ1n) is 8.17. The molecule has 1 aliphatic rings. The van der Waals surface area contributed by atoms with Crippen molar-refractivity contribution in [3.05, 3.63) is 57.5 Å². The van der Waals surface area contributed by atoms with Gasteiger partial charge in [0.2, 0.25) is 0 Å². The van der Waals surface area contributed by atoms with Crippen LogP contribution in [0.5, 0.6) is 5.75 Å². The number of hydrogen-bond acceptors (Lipinski definition) is 3. The number of rotatable bonds is 4. The predicted octanol–water partition coefficient (Wildman–Crippen LogP) is 3.76. The van der Waals surface area contributed by atoms with Crippen LogP contribution in [0.4, 0.5) is 0 Å². The molecule has 1 N–H and O–H groups in total. The number of pyridine rings is 1. The first-order valence-corrected chi connectivity index (χ1v) is 8.17. The summed E-state index contributed by atoms with van der Waals surface area (Å²) in [5.74, 6) is -0.166. The van der Waals surface area contributed by atoms with Crippen LogP contribution < -0.4 is 10.3 Å². The lowest BCUT2D eigenvalue weighted by Crippen LogP contribution is -2.27. The Labute approximate surface area is 141 Å². The van der Waals surface area contributed by atoms with Gasteiger partial charge in [-0.3, -0.25) is 9.36 Å². The highest BCUT2D eigenvalue weighted by molar-refractivity contribution is 5.87. The molecule has 5 heteroatoms. The van der Waals surface area contributed by atoms with Crippen LogP contribution >= 0.6 is 0 Å². The van der Waals surface area contributed by atoms with Gasteiger partial charge in [-0.15, -0.1) is 0 Å². The lowest BCUT2D eigenvalue weighted by Gasteiger charge is -2.16. The molecule has 128 valence electrons. The topological polar surface area (TPSA) is 68.5 Å². The molecule has 0 aliphatic heterocycles. The molecule has 1 aliphatic carbocycles. The largest absolute Gasteiger partial charge is 0.497 e. The van der Waals surface area contributed by atoms with E-state index in [2.05, 4.69) is 0 Å². The maximum absolute atomic E-state index is 12.6. The van der Waals surface area contributed by atoms with Gasteiger partial charge in [-0.05, 0) is 61.6 Å². The molecule has 0 bridgehead atoms. The molecule has 1 fully saturated rings. The summed E-state index contributed by atoms with van der Waals surface area (Å²) in [4.78, 5) is 23.9. The molecule has 1 aromatic heterocycles. The SMILES string of the molecule is CC.COc1ccc(-n2c(C3CC3)ccc(C(=O)O)c2=O)c(C)c1. The van der Waals surface area contributed by atoms with Gasteiger partial charge in [-0.1, -0.05) is 13.8 Å². The third-order valence-electron chi connectivity index (χ3n) is 3.98. The zero-order valence-electron chi connectivity index (χ0n) is 14.5. The molecule has 0 atom stereocenters. The summed E-state index contributed by atoms with van der Waals surface area (Å²) in [5.41, 5.74) is 1.76. The van der Waals surface area contributed by atoms with Gasteiger partial charge in [0.05, 0.1) is 12.8 Å². The van der Waals surface area contributed by atoms with E-state index in [9.17, 15) is 14.7 Å². The van der Waals surface area contributed by atoms with Gasteiger partial charge in [0.25, 0.3) is 5.56 Å². The molecule has 1 aromatic carbocycles. The van der Waals surface area contributed by atoms with Gasteiger partial charge in [0.15, 0.2) is 0 Å². The van der Waals surface area contributed by atoms with Gasteiger partial charge in [-0.2, -0.15) is 0 Å². The molecule has 1 heterocycles. The Bertz CT molecular complexity index is 803. The standard InChI is InChI=1S/C17H17NO4.C2H6/c1-10-9-12(22-2)5-7-14(10)18-15(11-3-4-11)8-6-13(16(18)19)17(20)21;1-2/h5-9,11H,3-4H2,1-2H3,(H,20,21);1-2H3. The highest BCUT2D eigenvalue weighted by Crippen LogP contribution is 2.40. The van der Waals surface area contributed by atoms with Crippen molar-refractivity contribution in [3.63, 3.8) is 0 Å². The van der Waals surface area contributed by atoms with Crippen molar-refractivity contribution in [1.29, 1.82) is 0 Å². The fraction of sp³-hybridized carbons (Fsp3) is 0.368. The molecule has 0 spiro atoms. The van der Waals surface area contributed by atoms with E-state index in [1.54, 1.807) is 25.3 Å². The zero-order chi connectivity index (χ0) is 17.9. The van der Waals surface area contributed by atoms with Crippen LogP contribution in [-0.4, -0.2) is 22.8 Å². The van der Waals surface area contributed by atoms with E-state index >= 15 is 0 Å². The summed E-state index contributed by atoms with van der Waals surface area (Å²) in [5, 5.41) is 9.20. The van der Waals surface area contributed by atoms with E-state index < -0.39 is 11.5 Å².